The molecule has 4 heteroatoms. The van der Waals surface area contributed by atoms with Gasteiger partial charge in [-0.15, -0.1) is 0 Å². The Labute approximate surface area is 126 Å². The molecule has 1 fully saturated rings. The molecule has 1 saturated heterocycles. The SMILES string of the molecule is CC(NCC1CCOC1C)c1ccc2c(c1)OCCCO2. The van der Waals surface area contributed by atoms with Gasteiger partial charge in [-0.3, -0.25) is 0 Å². The van der Waals surface area contributed by atoms with Crippen molar-refractivity contribution in [2.24, 2.45) is 5.92 Å². The number of nitrogens with one attached hydrogen (secondary N) is 1. The molecule has 116 valence electrons. The van der Waals surface area contributed by atoms with Crippen LogP contribution >= 0.6 is 0 Å². The highest BCUT2D eigenvalue weighted by molar-refractivity contribution is 5.44. The average molecular weight is 291 g/mol. The molecule has 0 radical (unpaired) electrons. The van der Waals surface area contributed by atoms with E-state index in [-0.39, 0.29) is 0 Å². The lowest BCUT2D eigenvalue weighted by atomic mass is 10.0. The summed E-state index contributed by atoms with van der Waals surface area (Å²) in [6, 6.07) is 6.55. The molecule has 2 heterocycles. The van der Waals surface area contributed by atoms with Gasteiger partial charge in [-0.1, -0.05) is 6.07 Å². The van der Waals surface area contributed by atoms with Crippen LogP contribution in [0, 0.1) is 5.92 Å². The zero-order chi connectivity index (χ0) is 14.7. The van der Waals surface area contributed by atoms with Crippen molar-refractivity contribution in [3.63, 3.8) is 0 Å². The van der Waals surface area contributed by atoms with Gasteiger partial charge in [0, 0.05) is 25.6 Å². The van der Waals surface area contributed by atoms with E-state index in [0.717, 1.165) is 50.7 Å². The summed E-state index contributed by atoms with van der Waals surface area (Å²) in [6.45, 7) is 7.72. The Morgan fingerprint density at radius 2 is 2.00 bits per heavy atom. The second kappa shape index (κ2) is 6.67. The lowest BCUT2D eigenvalue weighted by Gasteiger charge is -2.20. The quantitative estimate of drug-likeness (QED) is 0.926. The lowest BCUT2D eigenvalue weighted by Crippen LogP contribution is -2.29. The minimum absolute atomic E-state index is 0.301. The predicted octanol–water partition coefficient (Wildman–Crippen LogP) is 2.92. The molecule has 4 nitrogen and oxygen atoms in total. The summed E-state index contributed by atoms with van der Waals surface area (Å²) >= 11 is 0. The predicted molar refractivity (Wildman–Crippen MR) is 82.0 cm³/mol. The van der Waals surface area contributed by atoms with Crippen LogP contribution in [0.2, 0.25) is 0 Å². The van der Waals surface area contributed by atoms with Crippen LogP contribution in [-0.4, -0.2) is 32.5 Å². The van der Waals surface area contributed by atoms with E-state index in [2.05, 4.69) is 31.3 Å². The molecule has 1 aromatic rings. The fraction of sp³-hybridized carbons (Fsp3) is 0.647. The molecule has 0 aromatic heterocycles. The molecular formula is C17H25NO3. The Hall–Kier alpha value is -1.26. The van der Waals surface area contributed by atoms with Crippen LogP contribution in [0.4, 0.5) is 0 Å². The number of rotatable bonds is 4. The smallest absolute Gasteiger partial charge is 0.161 e. The first-order valence-corrected chi connectivity index (χ1v) is 7.98. The Balaban J connectivity index is 1.61. The fourth-order valence-corrected chi connectivity index (χ4v) is 2.94. The van der Waals surface area contributed by atoms with Crippen LogP contribution in [-0.2, 0) is 4.74 Å². The van der Waals surface area contributed by atoms with Crippen LogP contribution in [0.1, 0.15) is 38.3 Å². The van der Waals surface area contributed by atoms with Gasteiger partial charge >= 0.3 is 0 Å². The fourth-order valence-electron chi connectivity index (χ4n) is 2.94. The van der Waals surface area contributed by atoms with Gasteiger partial charge in [-0.25, -0.2) is 0 Å². The first kappa shape index (κ1) is 14.7. The molecule has 2 aliphatic heterocycles. The summed E-state index contributed by atoms with van der Waals surface area (Å²) < 4.78 is 17.1. The van der Waals surface area contributed by atoms with Gasteiger partial charge in [0.2, 0.25) is 0 Å². The third-order valence-corrected chi connectivity index (χ3v) is 4.49. The van der Waals surface area contributed by atoms with Crippen LogP contribution in [0.25, 0.3) is 0 Å². The number of ether oxygens (including phenoxy) is 3. The molecule has 2 aliphatic rings. The van der Waals surface area contributed by atoms with E-state index in [9.17, 15) is 0 Å². The van der Waals surface area contributed by atoms with Gasteiger partial charge in [0.1, 0.15) is 0 Å². The molecule has 0 amide bonds. The third-order valence-electron chi connectivity index (χ3n) is 4.49. The van der Waals surface area contributed by atoms with Gasteiger partial charge < -0.3 is 19.5 Å². The van der Waals surface area contributed by atoms with Crippen LogP contribution < -0.4 is 14.8 Å². The van der Waals surface area contributed by atoms with Crippen molar-refractivity contribution >= 4 is 0 Å². The second-order valence-corrected chi connectivity index (χ2v) is 6.01. The summed E-state index contributed by atoms with van der Waals surface area (Å²) in [4.78, 5) is 0. The molecule has 0 bridgehead atoms. The molecule has 1 aromatic carbocycles. The van der Waals surface area contributed by atoms with Crippen molar-refractivity contribution in [2.45, 2.75) is 38.8 Å². The van der Waals surface area contributed by atoms with Crippen molar-refractivity contribution < 1.29 is 14.2 Å². The summed E-state index contributed by atoms with van der Waals surface area (Å²) in [5.74, 6) is 2.35. The number of hydrogen-bond donors (Lipinski definition) is 1. The first-order valence-electron chi connectivity index (χ1n) is 7.98. The number of hydrogen-bond acceptors (Lipinski definition) is 4. The maximum atomic E-state index is 5.76. The lowest BCUT2D eigenvalue weighted by molar-refractivity contribution is 0.105. The van der Waals surface area contributed by atoms with Gasteiger partial charge in [0.25, 0.3) is 0 Å². The minimum Gasteiger partial charge on any atom is -0.490 e. The van der Waals surface area contributed by atoms with E-state index < -0.39 is 0 Å². The largest absolute Gasteiger partial charge is 0.490 e. The van der Waals surface area contributed by atoms with E-state index in [1.54, 1.807) is 0 Å². The maximum Gasteiger partial charge on any atom is 0.161 e. The van der Waals surface area contributed by atoms with Crippen LogP contribution in [0.15, 0.2) is 18.2 Å². The normalized spacial score (nSPS) is 26.4. The summed E-state index contributed by atoms with van der Waals surface area (Å²) in [5.41, 5.74) is 1.24. The van der Waals surface area contributed by atoms with Crippen molar-refractivity contribution in [2.75, 3.05) is 26.4 Å². The topological polar surface area (TPSA) is 39.7 Å². The van der Waals surface area contributed by atoms with Gasteiger partial charge in [-0.05, 0) is 43.9 Å². The first-order chi connectivity index (χ1) is 10.2. The molecule has 3 atom stereocenters. The highest BCUT2D eigenvalue weighted by Gasteiger charge is 2.24. The summed E-state index contributed by atoms with van der Waals surface area (Å²) in [7, 11) is 0. The van der Waals surface area contributed by atoms with E-state index in [1.807, 2.05) is 6.07 Å². The highest BCUT2D eigenvalue weighted by atomic mass is 16.5. The molecule has 0 aliphatic carbocycles. The number of fused-ring (bicyclic) bond motifs is 1. The Morgan fingerprint density at radius 1 is 1.19 bits per heavy atom. The Bertz CT molecular complexity index is 477. The summed E-state index contributed by atoms with van der Waals surface area (Å²) in [6.07, 6.45) is 2.47. The van der Waals surface area contributed by atoms with Gasteiger partial charge in [-0.2, -0.15) is 0 Å². The monoisotopic (exact) mass is 291 g/mol. The Kier molecular flexibility index (Phi) is 4.66. The van der Waals surface area contributed by atoms with Crippen molar-refractivity contribution in [3.8, 4) is 11.5 Å². The van der Waals surface area contributed by atoms with E-state index >= 15 is 0 Å². The maximum absolute atomic E-state index is 5.76. The molecule has 1 N–H and O–H groups in total. The number of benzene rings is 1. The zero-order valence-corrected chi connectivity index (χ0v) is 12.9. The highest BCUT2D eigenvalue weighted by Crippen LogP contribution is 2.32. The van der Waals surface area contributed by atoms with E-state index in [0.29, 0.717) is 18.1 Å². The van der Waals surface area contributed by atoms with E-state index in [4.69, 9.17) is 14.2 Å². The standard InChI is InChI=1S/C17H25NO3/c1-12(18-11-15-6-9-19-13(15)2)14-4-5-16-17(10-14)21-8-3-7-20-16/h4-5,10,12-13,15,18H,3,6-9,11H2,1-2H3. The minimum atomic E-state index is 0.301. The summed E-state index contributed by atoms with van der Waals surface area (Å²) in [5, 5.41) is 3.62. The second-order valence-electron chi connectivity index (χ2n) is 6.01. The van der Waals surface area contributed by atoms with Crippen molar-refractivity contribution in [1.82, 2.24) is 5.32 Å². The van der Waals surface area contributed by atoms with Crippen molar-refractivity contribution in [1.29, 1.82) is 0 Å². The Morgan fingerprint density at radius 3 is 2.76 bits per heavy atom. The van der Waals surface area contributed by atoms with Gasteiger partial charge in [0.15, 0.2) is 11.5 Å². The van der Waals surface area contributed by atoms with E-state index in [1.165, 1.54) is 5.56 Å². The third kappa shape index (κ3) is 3.50. The average Bonchev–Trinajstić information content (AvgIpc) is 2.76. The zero-order valence-electron chi connectivity index (χ0n) is 12.9. The van der Waals surface area contributed by atoms with Crippen molar-refractivity contribution in [3.05, 3.63) is 23.8 Å². The van der Waals surface area contributed by atoms with Crippen LogP contribution in [0.3, 0.4) is 0 Å². The molecule has 0 saturated carbocycles. The molecule has 3 unspecified atom stereocenters. The molecule has 3 rings (SSSR count). The van der Waals surface area contributed by atoms with Gasteiger partial charge in [0.05, 0.1) is 19.3 Å². The molecule has 0 spiro atoms. The van der Waals surface area contributed by atoms with Crippen LogP contribution in [0.5, 0.6) is 11.5 Å². The molecular weight excluding hydrogens is 266 g/mol. The molecule has 21 heavy (non-hydrogen) atoms.